The molecule has 0 radical (unpaired) electrons. The Morgan fingerprint density at radius 2 is 1.85 bits per heavy atom. The molecule has 20 heavy (non-hydrogen) atoms. The van der Waals surface area contributed by atoms with E-state index in [0.29, 0.717) is 5.69 Å². The molecule has 0 bridgehead atoms. The fourth-order valence-corrected chi connectivity index (χ4v) is 2.26. The second-order valence-corrected chi connectivity index (χ2v) is 5.41. The molecule has 0 aromatic heterocycles. The number of nitrogens with one attached hydrogen (secondary N) is 1. The number of para-hydroxylation sites is 1. The molecule has 2 aromatic rings. The number of rotatable bonds is 3. The predicted octanol–water partition coefficient (Wildman–Crippen LogP) is 4.09. The number of nitrogens with two attached hydrogens (primary N) is 1. The molecule has 0 fully saturated rings. The van der Waals surface area contributed by atoms with Crippen molar-refractivity contribution in [2.75, 3.05) is 11.1 Å². The first-order chi connectivity index (χ1) is 9.40. The molecular formula is C15H15BrN2O2. The third-order valence-corrected chi connectivity index (χ3v) is 4.30. The summed E-state index contributed by atoms with van der Waals surface area (Å²) in [5, 5.41) is 12.2. The smallest absolute Gasteiger partial charge is 0.337 e. The summed E-state index contributed by atoms with van der Waals surface area (Å²) in [5.74, 6) is -1.03. The minimum atomic E-state index is -1.03. The molecule has 0 unspecified atom stereocenters. The lowest BCUT2D eigenvalue weighted by Crippen LogP contribution is -2.05. The van der Waals surface area contributed by atoms with E-state index in [1.165, 1.54) is 6.07 Å². The summed E-state index contributed by atoms with van der Waals surface area (Å²) in [6.45, 7) is 4.00. The molecule has 4 N–H and O–H groups in total. The van der Waals surface area contributed by atoms with Crippen LogP contribution in [0.25, 0.3) is 0 Å². The van der Waals surface area contributed by atoms with Crippen LogP contribution >= 0.6 is 15.9 Å². The SMILES string of the molecule is Cc1cc(Nc2cccc(C(=O)O)c2N)cc(C)c1Br. The van der Waals surface area contributed by atoms with E-state index in [4.69, 9.17) is 10.8 Å². The lowest BCUT2D eigenvalue weighted by atomic mass is 10.1. The van der Waals surface area contributed by atoms with Crippen LogP contribution in [0.5, 0.6) is 0 Å². The second kappa shape index (κ2) is 5.54. The zero-order valence-electron chi connectivity index (χ0n) is 11.2. The van der Waals surface area contributed by atoms with Crippen molar-refractivity contribution in [1.29, 1.82) is 0 Å². The van der Waals surface area contributed by atoms with E-state index in [0.717, 1.165) is 21.3 Å². The standard InChI is InChI=1S/C15H15BrN2O2/c1-8-6-10(7-9(2)13(8)16)18-12-5-3-4-11(14(12)17)15(19)20/h3-7,18H,17H2,1-2H3,(H,19,20). The molecule has 0 aliphatic heterocycles. The van der Waals surface area contributed by atoms with Crippen LogP contribution < -0.4 is 11.1 Å². The molecule has 0 spiro atoms. The Balaban J connectivity index is 2.40. The molecule has 0 amide bonds. The van der Waals surface area contributed by atoms with Gasteiger partial charge in [0.2, 0.25) is 0 Å². The molecule has 0 aliphatic carbocycles. The maximum atomic E-state index is 11.1. The highest BCUT2D eigenvalue weighted by Gasteiger charge is 2.11. The predicted molar refractivity (Wildman–Crippen MR) is 84.7 cm³/mol. The van der Waals surface area contributed by atoms with Crippen LogP contribution in [-0.2, 0) is 0 Å². The fourth-order valence-electron chi connectivity index (χ4n) is 2.03. The van der Waals surface area contributed by atoms with E-state index in [2.05, 4.69) is 21.2 Å². The fraction of sp³-hybridized carbons (Fsp3) is 0.133. The highest BCUT2D eigenvalue weighted by Crippen LogP contribution is 2.30. The van der Waals surface area contributed by atoms with Gasteiger partial charge in [0, 0.05) is 10.2 Å². The molecule has 0 heterocycles. The van der Waals surface area contributed by atoms with Gasteiger partial charge in [-0.15, -0.1) is 0 Å². The molecule has 2 aromatic carbocycles. The van der Waals surface area contributed by atoms with Crippen molar-refractivity contribution in [3.8, 4) is 0 Å². The molecule has 0 saturated carbocycles. The van der Waals surface area contributed by atoms with Crippen molar-refractivity contribution in [1.82, 2.24) is 0 Å². The van der Waals surface area contributed by atoms with Gasteiger partial charge in [-0.3, -0.25) is 0 Å². The number of benzene rings is 2. The first-order valence-electron chi connectivity index (χ1n) is 6.05. The first kappa shape index (κ1) is 14.4. The topological polar surface area (TPSA) is 75.3 Å². The molecule has 4 nitrogen and oxygen atoms in total. The number of nitrogen functional groups attached to an aromatic ring is 1. The summed E-state index contributed by atoms with van der Waals surface area (Å²) in [5.41, 5.74) is 9.87. The van der Waals surface area contributed by atoms with E-state index in [-0.39, 0.29) is 11.3 Å². The summed E-state index contributed by atoms with van der Waals surface area (Å²) >= 11 is 3.51. The molecule has 0 atom stereocenters. The average Bonchev–Trinajstić information content (AvgIpc) is 2.38. The number of carboxylic acids is 1. The number of aromatic carboxylic acids is 1. The van der Waals surface area contributed by atoms with E-state index < -0.39 is 5.97 Å². The molecular weight excluding hydrogens is 320 g/mol. The number of hydrogen-bond acceptors (Lipinski definition) is 3. The highest BCUT2D eigenvalue weighted by atomic mass is 79.9. The van der Waals surface area contributed by atoms with E-state index >= 15 is 0 Å². The van der Waals surface area contributed by atoms with Gasteiger partial charge in [0.15, 0.2) is 0 Å². The summed E-state index contributed by atoms with van der Waals surface area (Å²) in [7, 11) is 0. The monoisotopic (exact) mass is 334 g/mol. The van der Waals surface area contributed by atoms with Crippen LogP contribution in [0.3, 0.4) is 0 Å². The van der Waals surface area contributed by atoms with E-state index in [9.17, 15) is 4.79 Å². The van der Waals surface area contributed by atoms with Crippen molar-refractivity contribution < 1.29 is 9.90 Å². The maximum Gasteiger partial charge on any atom is 0.337 e. The minimum Gasteiger partial charge on any atom is -0.478 e. The van der Waals surface area contributed by atoms with Gasteiger partial charge in [-0.25, -0.2) is 4.79 Å². The van der Waals surface area contributed by atoms with Gasteiger partial charge in [-0.05, 0) is 49.2 Å². The Morgan fingerprint density at radius 3 is 2.40 bits per heavy atom. The quantitative estimate of drug-likeness (QED) is 0.739. The Bertz CT molecular complexity index is 661. The zero-order chi connectivity index (χ0) is 14.9. The normalized spacial score (nSPS) is 10.3. The van der Waals surface area contributed by atoms with Crippen LogP contribution in [0.2, 0.25) is 0 Å². The van der Waals surface area contributed by atoms with Gasteiger partial charge in [-0.1, -0.05) is 22.0 Å². The van der Waals surface area contributed by atoms with E-state index in [1.807, 2.05) is 26.0 Å². The zero-order valence-corrected chi connectivity index (χ0v) is 12.8. The number of carbonyl (C=O) groups is 1. The summed E-state index contributed by atoms with van der Waals surface area (Å²) in [4.78, 5) is 11.1. The number of carboxylic acid groups (broad SMARTS) is 1. The molecule has 0 aliphatic rings. The van der Waals surface area contributed by atoms with Crippen LogP contribution in [-0.4, -0.2) is 11.1 Å². The van der Waals surface area contributed by atoms with E-state index in [1.54, 1.807) is 12.1 Å². The van der Waals surface area contributed by atoms with Crippen molar-refractivity contribution in [3.05, 3.63) is 51.5 Å². The van der Waals surface area contributed by atoms with Crippen molar-refractivity contribution in [3.63, 3.8) is 0 Å². The molecule has 0 saturated heterocycles. The lowest BCUT2D eigenvalue weighted by molar-refractivity contribution is 0.0698. The first-order valence-corrected chi connectivity index (χ1v) is 6.85. The summed E-state index contributed by atoms with van der Waals surface area (Å²) < 4.78 is 1.07. The van der Waals surface area contributed by atoms with Crippen molar-refractivity contribution >= 4 is 39.0 Å². The van der Waals surface area contributed by atoms with Gasteiger partial charge < -0.3 is 16.2 Å². The van der Waals surface area contributed by atoms with Crippen LogP contribution in [0.4, 0.5) is 17.1 Å². The maximum absolute atomic E-state index is 11.1. The third kappa shape index (κ3) is 2.77. The average molecular weight is 335 g/mol. The minimum absolute atomic E-state index is 0.0977. The highest BCUT2D eigenvalue weighted by molar-refractivity contribution is 9.10. The Labute approximate surface area is 125 Å². The van der Waals surface area contributed by atoms with Crippen LogP contribution in [0.15, 0.2) is 34.8 Å². The number of hydrogen-bond donors (Lipinski definition) is 3. The van der Waals surface area contributed by atoms with Crippen molar-refractivity contribution in [2.24, 2.45) is 0 Å². The number of aryl methyl sites for hydroxylation is 2. The van der Waals surface area contributed by atoms with Gasteiger partial charge >= 0.3 is 5.97 Å². The molecule has 5 heteroatoms. The Morgan fingerprint density at radius 1 is 1.25 bits per heavy atom. The lowest BCUT2D eigenvalue weighted by Gasteiger charge is -2.13. The molecule has 104 valence electrons. The Kier molecular flexibility index (Phi) is 3.99. The molecule has 2 rings (SSSR count). The number of anilines is 3. The van der Waals surface area contributed by atoms with Gasteiger partial charge in [-0.2, -0.15) is 0 Å². The largest absolute Gasteiger partial charge is 0.478 e. The van der Waals surface area contributed by atoms with Gasteiger partial charge in [0.1, 0.15) is 0 Å². The Hall–Kier alpha value is -2.01. The van der Waals surface area contributed by atoms with Crippen LogP contribution in [0.1, 0.15) is 21.5 Å². The van der Waals surface area contributed by atoms with Crippen molar-refractivity contribution in [2.45, 2.75) is 13.8 Å². The summed E-state index contributed by atoms with van der Waals surface area (Å²) in [6, 6.07) is 8.87. The van der Waals surface area contributed by atoms with Gasteiger partial charge in [0.05, 0.1) is 16.9 Å². The van der Waals surface area contributed by atoms with Gasteiger partial charge in [0.25, 0.3) is 0 Å². The number of halogens is 1. The third-order valence-electron chi connectivity index (χ3n) is 3.05. The summed E-state index contributed by atoms with van der Waals surface area (Å²) in [6.07, 6.45) is 0. The second-order valence-electron chi connectivity index (χ2n) is 4.62. The van der Waals surface area contributed by atoms with Crippen LogP contribution in [0, 0.1) is 13.8 Å².